The molecular formula is C22H24N2O4. The first-order valence-electron chi connectivity index (χ1n) is 9.10. The number of esters is 1. The van der Waals surface area contributed by atoms with E-state index in [1.54, 1.807) is 36.1 Å². The van der Waals surface area contributed by atoms with Crippen molar-refractivity contribution in [2.24, 2.45) is 0 Å². The van der Waals surface area contributed by atoms with Crippen LogP contribution in [0.3, 0.4) is 0 Å². The number of rotatable bonds is 8. The molecule has 0 heterocycles. The third-order valence-corrected chi connectivity index (χ3v) is 4.28. The average Bonchev–Trinajstić information content (AvgIpc) is 2.69. The molecule has 6 heteroatoms. The zero-order chi connectivity index (χ0) is 20.5. The average molecular weight is 380 g/mol. The number of carbonyl (C=O) groups excluding carboxylic acids is 2. The molecule has 0 saturated heterocycles. The summed E-state index contributed by atoms with van der Waals surface area (Å²) in [5, 5.41) is 8.90. The summed E-state index contributed by atoms with van der Waals surface area (Å²) in [7, 11) is 0. The third kappa shape index (κ3) is 5.58. The molecule has 0 bridgehead atoms. The van der Waals surface area contributed by atoms with Crippen molar-refractivity contribution in [1.29, 1.82) is 5.26 Å². The number of anilines is 1. The van der Waals surface area contributed by atoms with Crippen molar-refractivity contribution in [1.82, 2.24) is 0 Å². The standard InChI is InChI=1S/C22H24N2O4/c1-4-27-22(26)18-7-10-20(11-8-18)28-15-21(25)24(13-5-12-23)19-9-6-16(2)17(3)14-19/h6-11,14H,4-5,13,15H2,1-3H3. The molecule has 0 aliphatic heterocycles. The third-order valence-electron chi connectivity index (χ3n) is 4.28. The highest BCUT2D eigenvalue weighted by Crippen LogP contribution is 2.20. The van der Waals surface area contributed by atoms with Crippen LogP contribution in [0.15, 0.2) is 42.5 Å². The Morgan fingerprint density at radius 2 is 1.79 bits per heavy atom. The molecule has 28 heavy (non-hydrogen) atoms. The fourth-order valence-electron chi connectivity index (χ4n) is 2.58. The van der Waals surface area contributed by atoms with Gasteiger partial charge in [0.25, 0.3) is 5.91 Å². The number of hydrogen-bond donors (Lipinski definition) is 0. The second-order valence-corrected chi connectivity index (χ2v) is 6.26. The van der Waals surface area contributed by atoms with Gasteiger partial charge < -0.3 is 14.4 Å². The Morgan fingerprint density at radius 1 is 1.07 bits per heavy atom. The maximum atomic E-state index is 12.7. The molecule has 0 aliphatic carbocycles. The van der Waals surface area contributed by atoms with Crippen molar-refractivity contribution in [3.05, 3.63) is 59.2 Å². The molecule has 6 nitrogen and oxygen atoms in total. The highest BCUT2D eigenvalue weighted by molar-refractivity contribution is 5.94. The van der Waals surface area contributed by atoms with E-state index >= 15 is 0 Å². The fourth-order valence-corrected chi connectivity index (χ4v) is 2.58. The van der Waals surface area contributed by atoms with E-state index in [4.69, 9.17) is 14.7 Å². The first-order chi connectivity index (χ1) is 13.5. The van der Waals surface area contributed by atoms with Crippen molar-refractivity contribution in [3.8, 4) is 11.8 Å². The predicted molar refractivity (Wildman–Crippen MR) is 106 cm³/mol. The number of nitriles is 1. The number of benzene rings is 2. The summed E-state index contributed by atoms with van der Waals surface area (Å²) >= 11 is 0. The van der Waals surface area contributed by atoms with Crippen LogP contribution in [-0.4, -0.2) is 31.6 Å². The Labute approximate surface area is 165 Å². The van der Waals surface area contributed by atoms with Crippen LogP contribution in [0.1, 0.15) is 34.8 Å². The van der Waals surface area contributed by atoms with E-state index in [9.17, 15) is 9.59 Å². The quantitative estimate of drug-likeness (QED) is 0.651. The lowest BCUT2D eigenvalue weighted by atomic mass is 10.1. The van der Waals surface area contributed by atoms with Gasteiger partial charge in [0, 0.05) is 12.2 Å². The van der Waals surface area contributed by atoms with E-state index in [0.717, 1.165) is 16.8 Å². The molecular weight excluding hydrogens is 356 g/mol. The smallest absolute Gasteiger partial charge is 0.338 e. The maximum Gasteiger partial charge on any atom is 0.338 e. The van der Waals surface area contributed by atoms with E-state index in [1.165, 1.54) is 0 Å². The van der Waals surface area contributed by atoms with Gasteiger partial charge in [-0.2, -0.15) is 5.26 Å². The van der Waals surface area contributed by atoms with Gasteiger partial charge in [0.1, 0.15) is 5.75 Å². The topological polar surface area (TPSA) is 79.6 Å². The lowest BCUT2D eigenvalue weighted by molar-refractivity contribution is -0.120. The molecule has 146 valence electrons. The second kappa shape index (κ2) is 10.1. The minimum absolute atomic E-state index is 0.170. The molecule has 0 unspecified atom stereocenters. The van der Waals surface area contributed by atoms with Gasteiger partial charge >= 0.3 is 5.97 Å². The van der Waals surface area contributed by atoms with Crippen molar-refractivity contribution in [3.63, 3.8) is 0 Å². The molecule has 0 fully saturated rings. The summed E-state index contributed by atoms with van der Waals surface area (Å²) < 4.78 is 10.5. The minimum atomic E-state index is -0.400. The highest BCUT2D eigenvalue weighted by Gasteiger charge is 2.17. The van der Waals surface area contributed by atoms with E-state index < -0.39 is 5.97 Å². The SMILES string of the molecule is CCOC(=O)c1ccc(OCC(=O)N(CCC#N)c2ccc(C)c(C)c2)cc1. The summed E-state index contributed by atoms with van der Waals surface area (Å²) in [6, 6.07) is 14.2. The highest BCUT2D eigenvalue weighted by atomic mass is 16.5. The van der Waals surface area contributed by atoms with Crippen LogP contribution in [0.25, 0.3) is 0 Å². The Kier molecular flexibility index (Phi) is 7.58. The first kappa shape index (κ1) is 21.0. The predicted octanol–water partition coefficient (Wildman–Crippen LogP) is 3.81. The van der Waals surface area contributed by atoms with Crippen LogP contribution in [0, 0.1) is 25.2 Å². The van der Waals surface area contributed by atoms with Gasteiger partial charge in [-0.15, -0.1) is 0 Å². The molecule has 0 N–H and O–H groups in total. The van der Waals surface area contributed by atoms with Crippen molar-refractivity contribution in [2.75, 3.05) is 24.7 Å². The summed E-state index contributed by atoms with van der Waals surface area (Å²) in [6.45, 7) is 6.16. The largest absolute Gasteiger partial charge is 0.484 e. The van der Waals surface area contributed by atoms with Crippen molar-refractivity contribution >= 4 is 17.6 Å². The van der Waals surface area contributed by atoms with Gasteiger partial charge in [-0.3, -0.25) is 4.79 Å². The van der Waals surface area contributed by atoms with Crippen LogP contribution in [0.4, 0.5) is 5.69 Å². The molecule has 0 radical (unpaired) electrons. The van der Waals surface area contributed by atoms with Gasteiger partial charge in [-0.25, -0.2) is 4.79 Å². The maximum absolute atomic E-state index is 12.7. The Balaban J connectivity index is 2.06. The molecule has 2 rings (SSSR count). The van der Waals surface area contributed by atoms with Crippen LogP contribution >= 0.6 is 0 Å². The summed E-state index contributed by atoms with van der Waals surface area (Å²) in [5.74, 6) is -0.169. The van der Waals surface area contributed by atoms with Crippen LogP contribution in [-0.2, 0) is 9.53 Å². The molecule has 2 aromatic carbocycles. The van der Waals surface area contributed by atoms with Gasteiger partial charge in [0.15, 0.2) is 6.61 Å². The molecule has 0 saturated carbocycles. The van der Waals surface area contributed by atoms with E-state index in [2.05, 4.69) is 6.07 Å². The Hall–Kier alpha value is -3.33. The lowest BCUT2D eigenvalue weighted by Gasteiger charge is -2.23. The Bertz CT molecular complexity index is 869. The fraction of sp³-hybridized carbons (Fsp3) is 0.318. The van der Waals surface area contributed by atoms with E-state index in [0.29, 0.717) is 24.5 Å². The number of hydrogen-bond acceptors (Lipinski definition) is 5. The molecule has 2 aromatic rings. The van der Waals surface area contributed by atoms with Crippen molar-refractivity contribution < 1.29 is 19.1 Å². The van der Waals surface area contributed by atoms with Gasteiger partial charge in [-0.1, -0.05) is 6.07 Å². The van der Waals surface area contributed by atoms with Crippen molar-refractivity contribution in [2.45, 2.75) is 27.2 Å². The zero-order valence-electron chi connectivity index (χ0n) is 16.4. The van der Waals surface area contributed by atoms with E-state index in [1.807, 2.05) is 32.0 Å². The molecule has 0 aromatic heterocycles. The van der Waals surface area contributed by atoms with Gasteiger partial charge in [-0.05, 0) is 68.3 Å². The van der Waals surface area contributed by atoms with Gasteiger partial charge in [0.05, 0.1) is 24.7 Å². The minimum Gasteiger partial charge on any atom is -0.484 e. The number of nitrogens with zero attached hydrogens (tertiary/aromatic N) is 2. The first-order valence-corrected chi connectivity index (χ1v) is 9.10. The number of carbonyl (C=O) groups is 2. The molecule has 0 aliphatic rings. The number of aryl methyl sites for hydroxylation is 2. The van der Waals surface area contributed by atoms with Gasteiger partial charge in [0.2, 0.25) is 0 Å². The molecule has 0 spiro atoms. The van der Waals surface area contributed by atoms with Crippen LogP contribution in [0.5, 0.6) is 5.75 Å². The molecule has 0 atom stereocenters. The number of ether oxygens (including phenoxy) is 2. The van der Waals surface area contributed by atoms with Crippen LogP contribution in [0.2, 0.25) is 0 Å². The summed E-state index contributed by atoms with van der Waals surface area (Å²) in [6.07, 6.45) is 0.229. The monoisotopic (exact) mass is 380 g/mol. The normalized spacial score (nSPS) is 10.1. The van der Waals surface area contributed by atoms with Crippen LogP contribution < -0.4 is 9.64 Å². The number of amides is 1. The van der Waals surface area contributed by atoms with E-state index in [-0.39, 0.29) is 18.9 Å². The molecule has 1 amide bonds. The lowest BCUT2D eigenvalue weighted by Crippen LogP contribution is -2.35. The summed E-state index contributed by atoms with van der Waals surface area (Å²) in [4.78, 5) is 25.9. The zero-order valence-corrected chi connectivity index (χ0v) is 16.4. The summed E-state index contributed by atoms with van der Waals surface area (Å²) in [5.41, 5.74) is 3.37. The Morgan fingerprint density at radius 3 is 2.39 bits per heavy atom. The second-order valence-electron chi connectivity index (χ2n) is 6.26.